The molecule has 2 N–H and O–H groups in total. The van der Waals surface area contributed by atoms with Crippen molar-refractivity contribution < 1.29 is 9.72 Å². The molecule has 0 aliphatic heterocycles. The Morgan fingerprint density at radius 1 is 1.26 bits per heavy atom. The Morgan fingerprint density at radius 3 is 2.78 bits per heavy atom. The Bertz CT molecular complexity index is 744. The van der Waals surface area contributed by atoms with Crippen molar-refractivity contribution in [3.63, 3.8) is 0 Å². The SMILES string of the molecule is Cc1cccc(NCC(=O)NN=Cc2cccc([N+](=O)[O-])c2)c1. The van der Waals surface area contributed by atoms with Crippen molar-refractivity contribution in [1.82, 2.24) is 5.43 Å². The van der Waals surface area contributed by atoms with E-state index in [2.05, 4.69) is 15.8 Å². The fourth-order valence-corrected chi connectivity index (χ4v) is 1.87. The van der Waals surface area contributed by atoms with E-state index in [0.717, 1.165) is 11.3 Å². The average Bonchev–Trinajstić information content (AvgIpc) is 2.53. The highest BCUT2D eigenvalue weighted by Gasteiger charge is 2.04. The number of non-ortho nitro benzene ring substituents is 1. The van der Waals surface area contributed by atoms with E-state index in [-0.39, 0.29) is 18.1 Å². The van der Waals surface area contributed by atoms with Crippen molar-refractivity contribution in [3.8, 4) is 0 Å². The van der Waals surface area contributed by atoms with Gasteiger partial charge in [-0.2, -0.15) is 5.10 Å². The molecule has 0 saturated carbocycles. The summed E-state index contributed by atoms with van der Waals surface area (Å²) in [7, 11) is 0. The summed E-state index contributed by atoms with van der Waals surface area (Å²) in [6, 6.07) is 13.6. The summed E-state index contributed by atoms with van der Waals surface area (Å²) in [4.78, 5) is 21.8. The number of carbonyl (C=O) groups excluding carboxylic acids is 1. The highest BCUT2D eigenvalue weighted by molar-refractivity contribution is 5.84. The van der Waals surface area contributed by atoms with E-state index < -0.39 is 4.92 Å². The van der Waals surface area contributed by atoms with Crippen LogP contribution in [0.3, 0.4) is 0 Å². The fourth-order valence-electron chi connectivity index (χ4n) is 1.87. The Balaban J connectivity index is 1.84. The standard InChI is InChI=1S/C16H16N4O3/c1-12-4-2-6-14(8-12)17-11-16(21)19-18-10-13-5-3-7-15(9-13)20(22)23/h2-10,17H,11H2,1H3,(H,19,21). The van der Waals surface area contributed by atoms with E-state index in [1.165, 1.54) is 18.3 Å². The molecule has 7 nitrogen and oxygen atoms in total. The van der Waals surface area contributed by atoms with Crippen LogP contribution in [0.15, 0.2) is 53.6 Å². The molecule has 0 bridgehead atoms. The topological polar surface area (TPSA) is 96.6 Å². The molecule has 118 valence electrons. The highest BCUT2D eigenvalue weighted by atomic mass is 16.6. The number of nitro benzene ring substituents is 1. The second-order valence-electron chi connectivity index (χ2n) is 4.87. The first-order valence-electron chi connectivity index (χ1n) is 6.91. The molecule has 2 rings (SSSR count). The van der Waals surface area contributed by atoms with Gasteiger partial charge in [-0.15, -0.1) is 0 Å². The van der Waals surface area contributed by atoms with Gasteiger partial charge < -0.3 is 5.32 Å². The molecule has 2 aromatic rings. The Hall–Kier alpha value is -3.22. The number of hydrazone groups is 1. The van der Waals surface area contributed by atoms with E-state index in [1.807, 2.05) is 31.2 Å². The smallest absolute Gasteiger partial charge is 0.270 e. The molecule has 0 radical (unpaired) electrons. The molecule has 2 aromatic carbocycles. The van der Waals surface area contributed by atoms with E-state index in [1.54, 1.807) is 12.1 Å². The normalized spacial score (nSPS) is 10.5. The lowest BCUT2D eigenvalue weighted by molar-refractivity contribution is -0.384. The van der Waals surface area contributed by atoms with Crippen LogP contribution >= 0.6 is 0 Å². The minimum atomic E-state index is -0.484. The van der Waals surface area contributed by atoms with Crippen LogP contribution in [-0.2, 0) is 4.79 Å². The molecule has 0 heterocycles. The van der Waals surface area contributed by atoms with Crippen LogP contribution in [0, 0.1) is 17.0 Å². The Morgan fingerprint density at radius 2 is 2.04 bits per heavy atom. The van der Waals surface area contributed by atoms with Gasteiger partial charge in [-0.1, -0.05) is 24.3 Å². The number of aryl methyl sites for hydroxylation is 1. The maximum atomic E-state index is 11.7. The highest BCUT2D eigenvalue weighted by Crippen LogP contribution is 2.11. The lowest BCUT2D eigenvalue weighted by Gasteiger charge is -2.05. The van der Waals surface area contributed by atoms with Gasteiger partial charge in [0.25, 0.3) is 11.6 Å². The fraction of sp³-hybridized carbons (Fsp3) is 0.125. The number of benzene rings is 2. The zero-order chi connectivity index (χ0) is 16.7. The van der Waals surface area contributed by atoms with Crippen molar-refractivity contribution in [2.75, 3.05) is 11.9 Å². The van der Waals surface area contributed by atoms with E-state index in [9.17, 15) is 14.9 Å². The summed E-state index contributed by atoms with van der Waals surface area (Å²) in [5.74, 6) is -0.312. The van der Waals surface area contributed by atoms with Crippen molar-refractivity contribution in [2.24, 2.45) is 5.10 Å². The zero-order valence-electron chi connectivity index (χ0n) is 12.5. The third-order valence-electron chi connectivity index (χ3n) is 2.96. The minimum absolute atomic E-state index is 0.0265. The largest absolute Gasteiger partial charge is 0.376 e. The van der Waals surface area contributed by atoms with Crippen LogP contribution in [0.1, 0.15) is 11.1 Å². The van der Waals surface area contributed by atoms with Crippen molar-refractivity contribution in [3.05, 3.63) is 69.8 Å². The molecule has 7 heteroatoms. The summed E-state index contributed by atoms with van der Waals surface area (Å²) >= 11 is 0. The first-order chi connectivity index (χ1) is 11.0. The monoisotopic (exact) mass is 312 g/mol. The van der Waals surface area contributed by atoms with Gasteiger partial charge in [0.2, 0.25) is 0 Å². The summed E-state index contributed by atoms with van der Waals surface area (Å²) in [5.41, 5.74) is 4.82. The second kappa shape index (κ2) is 7.69. The number of amides is 1. The number of hydrogen-bond donors (Lipinski definition) is 2. The number of hydrogen-bond acceptors (Lipinski definition) is 5. The zero-order valence-corrected chi connectivity index (χ0v) is 12.5. The average molecular weight is 312 g/mol. The molecule has 23 heavy (non-hydrogen) atoms. The molecular weight excluding hydrogens is 296 g/mol. The van der Waals surface area contributed by atoms with Crippen LogP contribution in [-0.4, -0.2) is 23.6 Å². The van der Waals surface area contributed by atoms with Crippen LogP contribution in [0.5, 0.6) is 0 Å². The van der Waals surface area contributed by atoms with Crippen LogP contribution in [0.4, 0.5) is 11.4 Å². The summed E-state index contributed by atoms with van der Waals surface area (Å²) in [5, 5.41) is 17.4. The molecule has 0 spiro atoms. The van der Waals surface area contributed by atoms with Gasteiger partial charge in [-0.05, 0) is 24.6 Å². The number of nitrogens with zero attached hydrogens (tertiary/aromatic N) is 2. The molecule has 0 unspecified atom stereocenters. The molecule has 0 saturated heterocycles. The van der Waals surface area contributed by atoms with Crippen LogP contribution in [0.25, 0.3) is 0 Å². The molecule has 0 aliphatic carbocycles. The number of nitrogens with one attached hydrogen (secondary N) is 2. The maximum absolute atomic E-state index is 11.7. The van der Waals surface area contributed by atoms with E-state index >= 15 is 0 Å². The molecule has 0 aliphatic rings. The van der Waals surface area contributed by atoms with Gasteiger partial charge in [0.1, 0.15) is 0 Å². The van der Waals surface area contributed by atoms with Crippen molar-refractivity contribution in [2.45, 2.75) is 6.92 Å². The molecule has 0 fully saturated rings. The quantitative estimate of drug-likeness (QED) is 0.486. The molecule has 1 amide bonds. The summed E-state index contributed by atoms with van der Waals surface area (Å²) < 4.78 is 0. The third-order valence-corrected chi connectivity index (χ3v) is 2.96. The Labute approximate surface area is 133 Å². The van der Waals surface area contributed by atoms with Gasteiger partial charge in [0.05, 0.1) is 17.7 Å². The Kier molecular flexibility index (Phi) is 5.40. The first kappa shape index (κ1) is 16.2. The lowest BCUT2D eigenvalue weighted by Crippen LogP contribution is -2.25. The van der Waals surface area contributed by atoms with Crippen molar-refractivity contribution >= 4 is 23.5 Å². The number of rotatable bonds is 6. The van der Waals surface area contributed by atoms with Gasteiger partial charge in [-0.25, -0.2) is 5.43 Å². The second-order valence-corrected chi connectivity index (χ2v) is 4.87. The van der Waals surface area contributed by atoms with Gasteiger partial charge >= 0.3 is 0 Å². The summed E-state index contributed by atoms with van der Waals surface area (Å²) in [6.07, 6.45) is 1.36. The predicted octanol–water partition coefficient (Wildman–Crippen LogP) is 2.47. The van der Waals surface area contributed by atoms with E-state index in [4.69, 9.17) is 0 Å². The van der Waals surface area contributed by atoms with E-state index in [0.29, 0.717) is 5.56 Å². The number of carbonyl (C=O) groups is 1. The van der Waals surface area contributed by atoms with Gasteiger partial charge in [0, 0.05) is 23.4 Å². The van der Waals surface area contributed by atoms with Crippen LogP contribution in [0.2, 0.25) is 0 Å². The third kappa shape index (κ3) is 5.24. The lowest BCUT2D eigenvalue weighted by atomic mass is 10.2. The number of anilines is 1. The first-order valence-corrected chi connectivity index (χ1v) is 6.91. The molecular formula is C16H16N4O3. The molecule has 0 aromatic heterocycles. The summed E-state index contributed by atoms with van der Waals surface area (Å²) in [6.45, 7) is 2.05. The predicted molar refractivity (Wildman–Crippen MR) is 88.5 cm³/mol. The maximum Gasteiger partial charge on any atom is 0.270 e. The minimum Gasteiger partial charge on any atom is -0.376 e. The molecule has 0 atom stereocenters. The van der Waals surface area contributed by atoms with Crippen LogP contribution < -0.4 is 10.7 Å². The van der Waals surface area contributed by atoms with Gasteiger partial charge in [0.15, 0.2) is 0 Å². The van der Waals surface area contributed by atoms with Crippen molar-refractivity contribution in [1.29, 1.82) is 0 Å². The number of nitro groups is 1. The van der Waals surface area contributed by atoms with Gasteiger partial charge in [-0.3, -0.25) is 14.9 Å².